The minimum atomic E-state index is -0.570. The number of hydrogen-bond acceptors (Lipinski definition) is 9. The van der Waals surface area contributed by atoms with E-state index in [-0.39, 0.29) is 16.7 Å². The minimum absolute atomic E-state index is 0.0898. The number of hydrazine groups is 1. The molecule has 2 aromatic rings. The van der Waals surface area contributed by atoms with Crippen LogP contribution in [0.2, 0.25) is 0 Å². The van der Waals surface area contributed by atoms with Crippen LogP contribution in [0.1, 0.15) is 0 Å². The summed E-state index contributed by atoms with van der Waals surface area (Å²) in [7, 11) is 0. The Labute approximate surface area is 105 Å². The first kappa shape index (κ1) is 12.1. The summed E-state index contributed by atoms with van der Waals surface area (Å²) in [5, 5.41) is 11.5. The Hall–Kier alpha value is -2.33. The molecule has 18 heavy (non-hydrogen) atoms. The molecule has 0 saturated carbocycles. The SMILES string of the molecule is NNc1ncc([N+](=O)[O-])c(Sc2cnccn2)n1. The molecule has 0 radical (unpaired) electrons. The maximum atomic E-state index is 10.8. The monoisotopic (exact) mass is 265 g/mol. The summed E-state index contributed by atoms with van der Waals surface area (Å²) >= 11 is 1.01. The molecule has 0 spiro atoms. The first-order chi connectivity index (χ1) is 8.70. The second-order valence-corrected chi connectivity index (χ2v) is 3.94. The van der Waals surface area contributed by atoms with E-state index in [1.165, 1.54) is 18.6 Å². The molecular weight excluding hydrogens is 258 g/mol. The molecule has 0 fully saturated rings. The van der Waals surface area contributed by atoms with E-state index in [1.54, 1.807) is 0 Å². The summed E-state index contributed by atoms with van der Waals surface area (Å²) in [6.45, 7) is 0. The van der Waals surface area contributed by atoms with E-state index in [9.17, 15) is 10.1 Å². The van der Waals surface area contributed by atoms with Crippen molar-refractivity contribution < 1.29 is 4.92 Å². The first-order valence-electron chi connectivity index (χ1n) is 4.62. The second-order valence-electron chi connectivity index (χ2n) is 2.93. The van der Waals surface area contributed by atoms with Gasteiger partial charge in [0.05, 0.1) is 11.1 Å². The fourth-order valence-corrected chi connectivity index (χ4v) is 1.86. The van der Waals surface area contributed by atoms with Crippen LogP contribution in [0.3, 0.4) is 0 Å². The highest BCUT2D eigenvalue weighted by atomic mass is 32.2. The standard InChI is InChI=1S/C8H7N7O2S/c9-14-8-12-3-5(15(16)17)7(13-8)18-6-4-10-1-2-11-6/h1-4H,9H2,(H,12,13,14). The molecule has 2 rings (SSSR count). The summed E-state index contributed by atoms with van der Waals surface area (Å²) in [4.78, 5) is 25.7. The van der Waals surface area contributed by atoms with E-state index < -0.39 is 4.92 Å². The molecule has 0 aliphatic heterocycles. The third kappa shape index (κ3) is 2.67. The van der Waals surface area contributed by atoms with Crippen molar-refractivity contribution in [3.8, 4) is 0 Å². The molecule has 92 valence electrons. The average molecular weight is 265 g/mol. The highest BCUT2D eigenvalue weighted by molar-refractivity contribution is 7.99. The maximum absolute atomic E-state index is 10.8. The summed E-state index contributed by atoms with van der Waals surface area (Å²) in [5.74, 6) is 5.25. The predicted molar refractivity (Wildman–Crippen MR) is 62.7 cm³/mol. The largest absolute Gasteiger partial charge is 0.320 e. The molecule has 10 heteroatoms. The van der Waals surface area contributed by atoms with Crippen molar-refractivity contribution in [3.05, 3.63) is 34.9 Å². The van der Waals surface area contributed by atoms with Gasteiger partial charge in [-0.25, -0.2) is 15.8 Å². The minimum Gasteiger partial charge on any atom is -0.292 e. The van der Waals surface area contributed by atoms with Crippen molar-refractivity contribution in [1.82, 2.24) is 19.9 Å². The van der Waals surface area contributed by atoms with Gasteiger partial charge in [0.15, 0.2) is 5.03 Å². The Bertz CT molecular complexity index is 565. The Kier molecular flexibility index (Phi) is 3.60. The molecule has 9 nitrogen and oxygen atoms in total. The van der Waals surface area contributed by atoms with E-state index in [1.807, 2.05) is 0 Å². The highest BCUT2D eigenvalue weighted by Gasteiger charge is 2.18. The Morgan fingerprint density at radius 1 is 1.33 bits per heavy atom. The van der Waals surface area contributed by atoms with Crippen molar-refractivity contribution >= 4 is 23.4 Å². The van der Waals surface area contributed by atoms with Crippen LogP contribution in [0.4, 0.5) is 11.6 Å². The zero-order valence-corrected chi connectivity index (χ0v) is 9.66. The normalized spacial score (nSPS) is 10.1. The van der Waals surface area contributed by atoms with E-state index in [0.717, 1.165) is 18.0 Å². The fourth-order valence-electron chi connectivity index (χ4n) is 1.07. The van der Waals surface area contributed by atoms with Crippen LogP contribution in [-0.4, -0.2) is 24.9 Å². The maximum Gasteiger partial charge on any atom is 0.320 e. The van der Waals surface area contributed by atoms with Crippen molar-refractivity contribution in [3.63, 3.8) is 0 Å². The lowest BCUT2D eigenvalue weighted by atomic mass is 10.5. The number of nitrogen functional groups attached to an aromatic ring is 1. The third-order valence-corrected chi connectivity index (χ3v) is 2.72. The molecule has 0 bridgehead atoms. The van der Waals surface area contributed by atoms with Gasteiger partial charge < -0.3 is 0 Å². The van der Waals surface area contributed by atoms with Gasteiger partial charge in [0.2, 0.25) is 5.95 Å². The van der Waals surface area contributed by atoms with Crippen LogP contribution in [0, 0.1) is 10.1 Å². The number of aromatic nitrogens is 4. The van der Waals surface area contributed by atoms with Crippen molar-refractivity contribution in [1.29, 1.82) is 0 Å². The van der Waals surface area contributed by atoms with Gasteiger partial charge in [-0.05, 0) is 11.8 Å². The fraction of sp³-hybridized carbons (Fsp3) is 0. The van der Waals surface area contributed by atoms with Crippen LogP contribution in [0.25, 0.3) is 0 Å². The van der Waals surface area contributed by atoms with Crippen molar-refractivity contribution in [2.75, 3.05) is 5.43 Å². The topological polar surface area (TPSA) is 133 Å². The molecule has 3 N–H and O–H groups in total. The van der Waals surface area contributed by atoms with Gasteiger partial charge in [-0.2, -0.15) is 4.98 Å². The summed E-state index contributed by atoms with van der Waals surface area (Å²) in [5.41, 5.74) is 2.01. The predicted octanol–water partition coefficient (Wildman–Crippen LogP) is 0.612. The lowest BCUT2D eigenvalue weighted by molar-refractivity contribution is -0.388. The number of nitrogens with zero attached hydrogens (tertiary/aromatic N) is 5. The van der Waals surface area contributed by atoms with E-state index in [4.69, 9.17) is 5.84 Å². The zero-order valence-electron chi connectivity index (χ0n) is 8.85. The van der Waals surface area contributed by atoms with Crippen LogP contribution >= 0.6 is 11.8 Å². The molecule has 0 aliphatic rings. The van der Waals surface area contributed by atoms with E-state index >= 15 is 0 Å². The van der Waals surface area contributed by atoms with Gasteiger partial charge >= 0.3 is 5.69 Å². The Morgan fingerprint density at radius 3 is 2.78 bits per heavy atom. The Balaban J connectivity index is 2.38. The van der Waals surface area contributed by atoms with Gasteiger partial charge in [-0.15, -0.1) is 0 Å². The zero-order chi connectivity index (χ0) is 13.0. The quantitative estimate of drug-likeness (QED) is 0.353. The van der Waals surface area contributed by atoms with Crippen LogP contribution in [0.5, 0.6) is 0 Å². The highest BCUT2D eigenvalue weighted by Crippen LogP contribution is 2.31. The van der Waals surface area contributed by atoms with Crippen molar-refractivity contribution in [2.24, 2.45) is 5.84 Å². The summed E-state index contributed by atoms with van der Waals surface area (Å²) in [6, 6.07) is 0. The second kappa shape index (κ2) is 5.33. The third-order valence-electron chi connectivity index (χ3n) is 1.80. The van der Waals surface area contributed by atoms with Gasteiger partial charge in [0.25, 0.3) is 0 Å². The number of anilines is 1. The Morgan fingerprint density at radius 2 is 2.17 bits per heavy atom. The molecule has 0 atom stereocenters. The smallest absolute Gasteiger partial charge is 0.292 e. The first-order valence-corrected chi connectivity index (χ1v) is 5.44. The van der Waals surface area contributed by atoms with Crippen LogP contribution < -0.4 is 11.3 Å². The molecule has 0 amide bonds. The molecule has 0 unspecified atom stereocenters. The molecule has 2 aromatic heterocycles. The van der Waals surface area contributed by atoms with Gasteiger partial charge in [-0.3, -0.25) is 20.5 Å². The summed E-state index contributed by atoms with van der Waals surface area (Å²) < 4.78 is 0. The lowest BCUT2D eigenvalue weighted by Gasteiger charge is -2.02. The molecule has 0 aliphatic carbocycles. The van der Waals surface area contributed by atoms with E-state index in [2.05, 4.69) is 25.4 Å². The van der Waals surface area contributed by atoms with Crippen molar-refractivity contribution in [2.45, 2.75) is 10.1 Å². The number of rotatable bonds is 4. The van der Waals surface area contributed by atoms with Gasteiger partial charge in [0.1, 0.15) is 11.2 Å². The van der Waals surface area contributed by atoms with E-state index in [0.29, 0.717) is 5.03 Å². The van der Waals surface area contributed by atoms with Crippen LogP contribution in [0.15, 0.2) is 34.8 Å². The number of nitrogens with one attached hydrogen (secondary N) is 1. The van der Waals surface area contributed by atoms with Crippen LogP contribution in [-0.2, 0) is 0 Å². The summed E-state index contributed by atoms with van der Waals surface area (Å²) in [6.07, 6.45) is 5.55. The molecule has 0 aromatic carbocycles. The molecule has 0 saturated heterocycles. The number of nitrogens with two attached hydrogens (primary N) is 1. The van der Waals surface area contributed by atoms with Gasteiger partial charge in [-0.1, -0.05) is 0 Å². The molecular formula is C8H7N7O2S. The van der Waals surface area contributed by atoms with Gasteiger partial charge in [0, 0.05) is 12.4 Å². The molecule has 2 heterocycles. The lowest BCUT2D eigenvalue weighted by Crippen LogP contribution is -2.11. The number of hydrogen-bond donors (Lipinski definition) is 2. The number of nitro groups is 1. The average Bonchev–Trinajstić information content (AvgIpc) is 2.39.